The van der Waals surface area contributed by atoms with Crippen molar-refractivity contribution in [2.45, 2.75) is 77.0 Å². The van der Waals surface area contributed by atoms with E-state index in [2.05, 4.69) is 4.74 Å². The SMILES string of the molecule is CCC(C)(C)C(=O)OC1C2CC3C1OC(O)C3(C(=O)OC(C(F)(F)F)C(F)(F)F)C2. The summed E-state index contributed by atoms with van der Waals surface area (Å²) < 4.78 is 91.4. The zero-order valence-corrected chi connectivity index (χ0v) is 16.3. The Morgan fingerprint density at radius 2 is 1.73 bits per heavy atom. The van der Waals surface area contributed by atoms with Crippen molar-refractivity contribution in [2.75, 3.05) is 0 Å². The van der Waals surface area contributed by atoms with E-state index >= 15 is 0 Å². The van der Waals surface area contributed by atoms with Gasteiger partial charge in [0.2, 0.25) is 0 Å². The normalized spacial score (nSPS) is 35.8. The molecule has 0 spiro atoms. The minimum atomic E-state index is -5.87. The number of rotatable bonds is 5. The van der Waals surface area contributed by atoms with Gasteiger partial charge < -0.3 is 19.3 Å². The van der Waals surface area contributed by atoms with Crippen molar-refractivity contribution in [1.82, 2.24) is 0 Å². The molecule has 3 aliphatic rings. The molecular weight excluding hydrogens is 426 g/mol. The lowest BCUT2D eigenvalue weighted by atomic mass is 9.72. The molecule has 2 aliphatic carbocycles. The molecule has 1 saturated heterocycles. The van der Waals surface area contributed by atoms with Crippen LogP contribution in [0, 0.1) is 22.7 Å². The van der Waals surface area contributed by atoms with E-state index in [1.165, 1.54) is 0 Å². The molecule has 12 heteroatoms. The van der Waals surface area contributed by atoms with E-state index in [1.54, 1.807) is 20.8 Å². The van der Waals surface area contributed by atoms with Crippen LogP contribution in [-0.4, -0.2) is 54.0 Å². The summed E-state index contributed by atoms with van der Waals surface area (Å²) in [6.07, 6.45) is -19.6. The van der Waals surface area contributed by atoms with Crippen molar-refractivity contribution in [3.05, 3.63) is 0 Å². The zero-order chi connectivity index (χ0) is 22.9. The predicted molar refractivity (Wildman–Crippen MR) is 85.5 cm³/mol. The third-order valence-corrected chi connectivity index (χ3v) is 6.61. The fourth-order valence-corrected chi connectivity index (χ4v) is 4.57. The Labute approximate surface area is 167 Å². The third kappa shape index (κ3) is 3.45. The lowest BCUT2D eigenvalue weighted by Crippen LogP contribution is -2.52. The van der Waals surface area contributed by atoms with Crippen molar-refractivity contribution < 1.29 is 55.2 Å². The molecule has 172 valence electrons. The Hall–Kier alpha value is -1.56. The monoisotopic (exact) mass is 448 g/mol. The summed E-state index contributed by atoms with van der Waals surface area (Å²) in [5, 5.41) is 10.3. The van der Waals surface area contributed by atoms with E-state index < -0.39 is 71.6 Å². The molecular formula is C18H22F6O6. The van der Waals surface area contributed by atoms with Crippen LogP contribution in [0.1, 0.15) is 40.0 Å². The second-order valence-corrected chi connectivity index (χ2v) is 8.78. The Bertz CT molecular complexity index is 705. The molecule has 6 nitrogen and oxygen atoms in total. The number of fused-ring (bicyclic) bond motifs is 1. The summed E-state index contributed by atoms with van der Waals surface area (Å²) in [6.45, 7) is 5.09. The quantitative estimate of drug-likeness (QED) is 0.514. The topological polar surface area (TPSA) is 82.1 Å². The predicted octanol–water partition coefficient (Wildman–Crippen LogP) is 3.11. The fraction of sp³-hybridized carbons (Fsp3) is 0.889. The highest BCUT2D eigenvalue weighted by molar-refractivity contribution is 5.80. The number of alkyl halides is 6. The van der Waals surface area contributed by atoms with Crippen LogP contribution >= 0.6 is 0 Å². The molecule has 6 atom stereocenters. The number of ether oxygens (including phenoxy) is 3. The summed E-state index contributed by atoms with van der Waals surface area (Å²) in [4.78, 5) is 24.9. The van der Waals surface area contributed by atoms with Crippen LogP contribution in [0.3, 0.4) is 0 Å². The van der Waals surface area contributed by atoms with E-state index in [1.807, 2.05) is 0 Å². The molecule has 1 N–H and O–H groups in total. The highest BCUT2D eigenvalue weighted by atomic mass is 19.4. The van der Waals surface area contributed by atoms with E-state index in [0.717, 1.165) is 0 Å². The van der Waals surface area contributed by atoms with Gasteiger partial charge in [-0.05, 0) is 33.1 Å². The number of esters is 2. The first-order chi connectivity index (χ1) is 13.6. The molecule has 0 aromatic rings. The summed E-state index contributed by atoms with van der Waals surface area (Å²) >= 11 is 0. The maximum absolute atomic E-state index is 12.8. The fourth-order valence-electron chi connectivity index (χ4n) is 4.57. The van der Waals surface area contributed by atoms with Crippen molar-refractivity contribution in [1.29, 1.82) is 0 Å². The molecule has 0 aromatic carbocycles. The van der Waals surface area contributed by atoms with Gasteiger partial charge in [0, 0.05) is 11.8 Å². The van der Waals surface area contributed by atoms with Gasteiger partial charge in [-0.1, -0.05) is 6.92 Å². The summed E-state index contributed by atoms with van der Waals surface area (Å²) in [6, 6.07) is 0. The van der Waals surface area contributed by atoms with Crippen LogP contribution in [0.4, 0.5) is 26.3 Å². The molecule has 0 aromatic heterocycles. The van der Waals surface area contributed by atoms with E-state index in [9.17, 15) is 41.0 Å². The van der Waals surface area contributed by atoms with Crippen molar-refractivity contribution in [3.8, 4) is 0 Å². The first-order valence-electron chi connectivity index (χ1n) is 9.45. The molecule has 3 rings (SSSR count). The van der Waals surface area contributed by atoms with Gasteiger partial charge in [0.1, 0.15) is 17.6 Å². The Morgan fingerprint density at radius 3 is 2.23 bits per heavy atom. The van der Waals surface area contributed by atoms with E-state index in [0.29, 0.717) is 6.42 Å². The van der Waals surface area contributed by atoms with Crippen LogP contribution < -0.4 is 0 Å². The van der Waals surface area contributed by atoms with Crippen LogP contribution in [0.25, 0.3) is 0 Å². The zero-order valence-electron chi connectivity index (χ0n) is 16.3. The van der Waals surface area contributed by atoms with Gasteiger partial charge >= 0.3 is 24.3 Å². The number of hydrogen-bond acceptors (Lipinski definition) is 6. The molecule has 1 heterocycles. The van der Waals surface area contributed by atoms with Crippen molar-refractivity contribution in [2.24, 2.45) is 22.7 Å². The number of halogens is 6. The highest BCUT2D eigenvalue weighted by Crippen LogP contribution is 2.64. The van der Waals surface area contributed by atoms with Gasteiger partial charge in [-0.15, -0.1) is 0 Å². The molecule has 1 aliphatic heterocycles. The lowest BCUT2D eigenvalue weighted by Gasteiger charge is -2.35. The number of hydrogen-bond donors (Lipinski definition) is 1. The number of aliphatic hydroxyl groups is 1. The second-order valence-electron chi connectivity index (χ2n) is 8.78. The van der Waals surface area contributed by atoms with Gasteiger partial charge in [0.15, 0.2) is 6.29 Å². The van der Waals surface area contributed by atoms with Gasteiger partial charge in [0.05, 0.1) is 5.41 Å². The van der Waals surface area contributed by atoms with Crippen LogP contribution in [-0.2, 0) is 23.8 Å². The molecule has 30 heavy (non-hydrogen) atoms. The molecule has 2 bridgehead atoms. The minimum Gasteiger partial charge on any atom is -0.459 e. The first-order valence-corrected chi connectivity index (χ1v) is 9.45. The largest absolute Gasteiger partial charge is 0.459 e. The van der Waals surface area contributed by atoms with Crippen LogP contribution in [0.2, 0.25) is 0 Å². The summed E-state index contributed by atoms with van der Waals surface area (Å²) in [5.41, 5.74) is -2.88. The summed E-state index contributed by atoms with van der Waals surface area (Å²) in [5.74, 6) is -3.84. The first kappa shape index (κ1) is 23.1. The Kier molecular flexibility index (Phi) is 5.37. The van der Waals surface area contributed by atoms with E-state index in [-0.39, 0.29) is 12.8 Å². The van der Waals surface area contributed by atoms with Crippen molar-refractivity contribution in [3.63, 3.8) is 0 Å². The van der Waals surface area contributed by atoms with Crippen LogP contribution in [0.5, 0.6) is 0 Å². The number of carbonyl (C=O) groups is 2. The summed E-state index contributed by atoms with van der Waals surface area (Å²) in [7, 11) is 0. The molecule has 0 radical (unpaired) electrons. The van der Waals surface area contributed by atoms with Gasteiger partial charge in [-0.2, -0.15) is 26.3 Å². The van der Waals surface area contributed by atoms with Crippen molar-refractivity contribution >= 4 is 11.9 Å². The lowest BCUT2D eigenvalue weighted by molar-refractivity contribution is -0.317. The molecule has 0 amide bonds. The average molecular weight is 448 g/mol. The van der Waals surface area contributed by atoms with Crippen LogP contribution in [0.15, 0.2) is 0 Å². The number of aliphatic hydroxyl groups excluding tert-OH is 1. The smallest absolute Gasteiger partial charge is 0.434 e. The maximum Gasteiger partial charge on any atom is 0.434 e. The maximum atomic E-state index is 12.8. The third-order valence-electron chi connectivity index (χ3n) is 6.61. The molecule has 3 fully saturated rings. The van der Waals surface area contributed by atoms with Gasteiger partial charge in [-0.3, -0.25) is 9.59 Å². The second kappa shape index (κ2) is 6.98. The molecule has 2 saturated carbocycles. The minimum absolute atomic E-state index is 0.143. The Morgan fingerprint density at radius 1 is 1.17 bits per heavy atom. The highest BCUT2D eigenvalue weighted by Gasteiger charge is 2.75. The average Bonchev–Trinajstić information content (AvgIpc) is 3.19. The molecule has 6 unspecified atom stereocenters. The number of carbonyl (C=O) groups excluding carboxylic acids is 2. The van der Waals surface area contributed by atoms with Gasteiger partial charge in [-0.25, -0.2) is 0 Å². The standard InChI is InChI=1S/C18H22F6O6/c1-4-15(2,3)12(25)28-9-7-5-8-10(9)29-13(26)16(8,6-7)14(27)30-11(17(19,20)21)18(22,23)24/h7-11,13,26H,4-6H2,1-3H3. The van der Waals surface area contributed by atoms with Gasteiger partial charge in [0.25, 0.3) is 6.10 Å². The Balaban J connectivity index is 1.80. The van der Waals surface area contributed by atoms with E-state index in [4.69, 9.17) is 9.47 Å².